The van der Waals surface area contributed by atoms with Crippen LogP contribution in [0.4, 0.5) is 0 Å². The number of carboxylic acids is 1. The van der Waals surface area contributed by atoms with E-state index in [2.05, 4.69) is 37.5 Å². The second kappa shape index (κ2) is 4.74. The molecule has 0 fully saturated rings. The minimum Gasteiger partial charge on any atom is -0.475 e. The fraction of sp³-hybridized carbons (Fsp3) is 0.125. The molecular weight excluding hydrogens is 268 g/mol. The van der Waals surface area contributed by atoms with Crippen molar-refractivity contribution in [3.8, 4) is 0 Å². The highest BCUT2D eigenvalue weighted by Gasteiger charge is 2.15. The van der Waals surface area contributed by atoms with E-state index in [-0.39, 0.29) is 18.0 Å². The van der Waals surface area contributed by atoms with E-state index in [0.717, 1.165) is 6.07 Å². The molecule has 0 unspecified atom stereocenters. The van der Waals surface area contributed by atoms with E-state index in [0.29, 0.717) is 4.48 Å². The fourth-order valence-electron chi connectivity index (χ4n) is 0.750. The number of carbonyl (C=O) groups is 2. The lowest BCUT2D eigenvalue weighted by Crippen LogP contribution is -2.24. The molecule has 1 rings (SSSR count). The fourth-order valence-corrected chi connectivity index (χ4v) is 0.890. The molecule has 1 amide bonds. The van der Waals surface area contributed by atoms with E-state index in [1.165, 1.54) is 0 Å². The number of aromatic nitrogens is 1. The van der Waals surface area contributed by atoms with Crippen molar-refractivity contribution in [2.24, 2.45) is 0 Å². The number of amides is 1. The molecule has 7 heteroatoms. The van der Waals surface area contributed by atoms with Crippen LogP contribution in [0, 0.1) is 0 Å². The minimum atomic E-state index is -1.27. The smallest absolute Gasteiger partial charge is 0.374 e. The Bertz CT molecular complexity index is 413. The van der Waals surface area contributed by atoms with Crippen LogP contribution in [-0.2, 0) is 0 Å². The van der Waals surface area contributed by atoms with Crippen LogP contribution in [0.3, 0.4) is 0 Å². The molecule has 0 aliphatic carbocycles. The molecule has 80 valence electrons. The zero-order valence-corrected chi connectivity index (χ0v) is 9.07. The summed E-state index contributed by atoms with van der Waals surface area (Å²) in [5.74, 6) is -2.17. The average molecular weight is 275 g/mol. The van der Waals surface area contributed by atoms with Crippen molar-refractivity contribution in [1.29, 1.82) is 0 Å². The highest BCUT2D eigenvalue weighted by Crippen LogP contribution is 2.04. The normalized spacial score (nSPS) is 9.67. The van der Waals surface area contributed by atoms with E-state index in [9.17, 15) is 9.59 Å². The third kappa shape index (κ3) is 3.21. The van der Waals surface area contributed by atoms with Gasteiger partial charge in [0.05, 0.1) is 0 Å². The topological polar surface area (TPSA) is 92.4 Å². The standard InChI is InChI=1S/C8H7BrN2O4/c1-4(9)3-10-7(12)5-2-6(8(13)14)15-11-5/h2H,1,3H2,(H,10,12)(H,13,14). The first-order chi connectivity index (χ1) is 7.00. The number of halogens is 1. The van der Waals surface area contributed by atoms with Gasteiger partial charge in [0.15, 0.2) is 5.69 Å². The molecule has 6 nitrogen and oxygen atoms in total. The van der Waals surface area contributed by atoms with E-state index >= 15 is 0 Å². The molecule has 0 spiro atoms. The van der Waals surface area contributed by atoms with Crippen LogP contribution in [0.15, 0.2) is 21.7 Å². The van der Waals surface area contributed by atoms with Crippen molar-refractivity contribution in [2.45, 2.75) is 0 Å². The number of hydrogen-bond donors (Lipinski definition) is 2. The largest absolute Gasteiger partial charge is 0.475 e. The lowest BCUT2D eigenvalue weighted by atomic mass is 10.3. The predicted octanol–water partition coefficient (Wildman–Crippen LogP) is 1.01. The van der Waals surface area contributed by atoms with Gasteiger partial charge >= 0.3 is 5.97 Å². The molecule has 0 saturated heterocycles. The Hall–Kier alpha value is -1.63. The minimum absolute atomic E-state index is 0.0823. The number of hydrogen-bond acceptors (Lipinski definition) is 4. The summed E-state index contributed by atoms with van der Waals surface area (Å²) in [7, 11) is 0. The molecular formula is C8H7BrN2O4. The van der Waals surface area contributed by atoms with Gasteiger partial charge in [-0.05, 0) is 0 Å². The van der Waals surface area contributed by atoms with Gasteiger partial charge in [0, 0.05) is 17.1 Å². The Morgan fingerprint density at radius 3 is 2.80 bits per heavy atom. The number of aromatic carboxylic acids is 1. The van der Waals surface area contributed by atoms with E-state index < -0.39 is 11.9 Å². The SMILES string of the molecule is C=C(Br)CNC(=O)c1cc(C(=O)O)on1. The summed E-state index contributed by atoms with van der Waals surface area (Å²) >= 11 is 3.06. The first-order valence-corrected chi connectivity index (χ1v) is 4.61. The van der Waals surface area contributed by atoms with Crippen LogP contribution in [-0.4, -0.2) is 28.7 Å². The van der Waals surface area contributed by atoms with E-state index in [1.807, 2.05) is 0 Å². The number of carbonyl (C=O) groups excluding carboxylic acids is 1. The zero-order chi connectivity index (χ0) is 11.4. The first kappa shape index (κ1) is 11.4. The predicted molar refractivity (Wildman–Crippen MR) is 53.9 cm³/mol. The maximum atomic E-state index is 11.3. The molecule has 0 saturated carbocycles. The average Bonchev–Trinajstić information content (AvgIpc) is 2.62. The maximum absolute atomic E-state index is 11.3. The van der Waals surface area contributed by atoms with E-state index in [4.69, 9.17) is 5.11 Å². The highest BCUT2D eigenvalue weighted by molar-refractivity contribution is 9.11. The van der Waals surface area contributed by atoms with Gasteiger partial charge in [-0.3, -0.25) is 4.79 Å². The van der Waals surface area contributed by atoms with Gasteiger partial charge in [0.2, 0.25) is 5.76 Å². The Morgan fingerprint density at radius 2 is 2.33 bits per heavy atom. The molecule has 0 atom stereocenters. The molecule has 15 heavy (non-hydrogen) atoms. The quantitative estimate of drug-likeness (QED) is 0.855. The van der Waals surface area contributed by atoms with E-state index in [1.54, 1.807) is 0 Å². The number of rotatable bonds is 4. The Balaban J connectivity index is 2.66. The molecule has 1 aromatic heterocycles. The van der Waals surface area contributed by atoms with Crippen molar-refractivity contribution in [3.63, 3.8) is 0 Å². The first-order valence-electron chi connectivity index (χ1n) is 3.82. The van der Waals surface area contributed by atoms with Crippen molar-refractivity contribution in [3.05, 3.63) is 28.6 Å². The van der Waals surface area contributed by atoms with Gasteiger partial charge in [-0.25, -0.2) is 4.79 Å². The van der Waals surface area contributed by atoms with Crippen LogP contribution in [0.25, 0.3) is 0 Å². The third-order valence-corrected chi connectivity index (χ3v) is 1.67. The summed E-state index contributed by atoms with van der Waals surface area (Å²) < 4.78 is 5.00. The molecule has 0 aliphatic rings. The molecule has 2 N–H and O–H groups in total. The van der Waals surface area contributed by atoms with Crippen LogP contribution < -0.4 is 5.32 Å². The molecule has 0 aliphatic heterocycles. The lowest BCUT2D eigenvalue weighted by molar-refractivity contribution is 0.0651. The van der Waals surface area contributed by atoms with Crippen molar-refractivity contribution in [1.82, 2.24) is 10.5 Å². The second-order valence-corrected chi connectivity index (χ2v) is 3.70. The number of nitrogens with one attached hydrogen (secondary N) is 1. The lowest BCUT2D eigenvalue weighted by Gasteiger charge is -1.98. The second-order valence-electron chi connectivity index (χ2n) is 2.58. The van der Waals surface area contributed by atoms with Crippen molar-refractivity contribution < 1.29 is 19.2 Å². The Kier molecular flexibility index (Phi) is 3.62. The highest BCUT2D eigenvalue weighted by atomic mass is 79.9. The van der Waals surface area contributed by atoms with Gasteiger partial charge in [0.25, 0.3) is 5.91 Å². The van der Waals surface area contributed by atoms with Gasteiger partial charge in [-0.1, -0.05) is 27.7 Å². The van der Waals surface area contributed by atoms with Crippen LogP contribution in [0.1, 0.15) is 21.0 Å². The summed E-state index contributed by atoms with van der Waals surface area (Å²) in [6.07, 6.45) is 0. The summed E-state index contributed by atoms with van der Waals surface area (Å²) in [4.78, 5) is 21.7. The Labute approximate surface area is 93.1 Å². The van der Waals surface area contributed by atoms with Crippen molar-refractivity contribution in [2.75, 3.05) is 6.54 Å². The monoisotopic (exact) mass is 274 g/mol. The molecule has 1 heterocycles. The summed E-state index contributed by atoms with van der Waals surface area (Å²) in [5.41, 5.74) is -0.0823. The van der Waals surface area contributed by atoms with Crippen LogP contribution >= 0.6 is 15.9 Å². The van der Waals surface area contributed by atoms with Gasteiger partial charge in [-0.15, -0.1) is 0 Å². The molecule has 0 radical (unpaired) electrons. The number of nitrogens with zero attached hydrogens (tertiary/aromatic N) is 1. The maximum Gasteiger partial charge on any atom is 0.374 e. The van der Waals surface area contributed by atoms with Gasteiger partial charge < -0.3 is 14.9 Å². The van der Waals surface area contributed by atoms with Gasteiger partial charge in [-0.2, -0.15) is 0 Å². The molecule has 1 aromatic rings. The number of carboxylic acid groups (broad SMARTS) is 1. The third-order valence-electron chi connectivity index (χ3n) is 1.39. The summed E-state index contributed by atoms with van der Waals surface area (Å²) in [6, 6.07) is 1.05. The van der Waals surface area contributed by atoms with Gasteiger partial charge in [0.1, 0.15) is 0 Å². The van der Waals surface area contributed by atoms with Crippen molar-refractivity contribution >= 4 is 27.8 Å². The van der Waals surface area contributed by atoms with Crippen LogP contribution in [0.5, 0.6) is 0 Å². The Morgan fingerprint density at radius 1 is 1.67 bits per heavy atom. The zero-order valence-electron chi connectivity index (χ0n) is 7.49. The molecule has 0 aromatic carbocycles. The summed E-state index contributed by atoms with van der Waals surface area (Å²) in [5, 5.41) is 14.3. The summed E-state index contributed by atoms with van der Waals surface area (Å²) in [6.45, 7) is 3.75. The van der Waals surface area contributed by atoms with Crippen LogP contribution in [0.2, 0.25) is 0 Å². The molecule has 0 bridgehead atoms.